The Kier molecular flexibility index (Phi) is 3.83. The van der Waals surface area contributed by atoms with Gasteiger partial charge in [-0.25, -0.2) is 0 Å². The number of rotatable bonds is 3. The van der Waals surface area contributed by atoms with E-state index in [2.05, 4.69) is 10.3 Å². The van der Waals surface area contributed by atoms with Crippen molar-refractivity contribution in [2.75, 3.05) is 6.54 Å². The summed E-state index contributed by atoms with van der Waals surface area (Å²) in [5.41, 5.74) is 2.16. The maximum absolute atomic E-state index is 12.1. The van der Waals surface area contributed by atoms with Crippen LogP contribution in [-0.4, -0.2) is 17.4 Å². The van der Waals surface area contributed by atoms with E-state index < -0.39 is 0 Å². The number of aryl methyl sites for hydroxylation is 1. The highest BCUT2D eigenvalue weighted by Gasteiger charge is 2.17. The molecular weight excluding hydrogens is 271 g/mol. The first kappa shape index (κ1) is 13.2. The van der Waals surface area contributed by atoms with Gasteiger partial charge in [-0.05, 0) is 25.5 Å². The third kappa shape index (κ3) is 2.33. The van der Waals surface area contributed by atoms with Crippen molar-refractivity contribution in [3.63, 3.8) is 0 Å². The Balaban J connectivity index is 2.56. The van der Waals surface area contributed by atoms with Gasteiger partial charge in [-0.1, -0.05) is 30.1 Å². The standard InChI is InChI=1S/C13H14Cl2N2O/c1-3-4-16-13(18)11-7(2)17-12-9(11)5-8(14)6-10(12)15/h5-6,17H,3-4H2,1-2H3,(H,16,18). The molecule has 0 aliphatic rings. The van der Waals surface area contributed by atoms with Gasteiger partial charge in [0.15, 0.2) is 0 Å². The lowest BCUT2D eigenvalue weighted by Gasteiger charge is -2.03. The second-order valence-corrected chi connectivity index (χ2v) is 5.03. The molecule has 0 atom stereocenters. The number of carbonyl (C=O) groups excluding carboxylic acids is 1. The lowest BCUT2D eigenvalue weighted by molar-refractivity contribution is 0.0955. The van der Waals surface area contributed by atoms with Crippen LogP contribution in [0.5, 0.6) is 0 Å². The Hall–Kier alpha value is -1.19. The highest BCUT2D eigenvalue weighted by molar-refractivity contribution is 6.39. The molecule has 0 aliphatic carbocycles. The van der Waals surface area contributed by atoms with Gasteiger partial charge in [-0.2, -0.15) is 0 Å². The topological polar surface area (TPSA) is 44.9 Å². The summed E-state index contributed by atoms with van der Waals surface area (Å²) in [6.07, 6.45) is 0.897. The molecule has 0 saturated heterocycles. The fourth-order valence-corrected chi connectivity index (χ4v) is 2.51. The number of carbonyl (C=O) groups is 1. The molecule has 96 valence electrons. The molecule has 2 N–H and O–H groups in total. The monoisotopic (exact) mass is 284 g/mol. The second kappa shape index (κ2) is 5.21. The molecule has 1 aromatic carbocycles. The molecule has 1 heterocycles. The largest absolute Gasteiger partial charge is 0.357 e. The number of halogens is 2. The van der Waals surface area contributed by atoms with Crippen molar-refractivity contribution < 1.29 is 4.79 Å². The Morgan fingerprint density at radius 3 is 2.78 bits per heavy atom. The van der Waals surface area contributed by atoms with E-state index in [1.54, 1.807) is 12.1 Å². The van der Waals surface area contributed by atoms with E-state index in [4.69, 9.17) is 23.2 Å². The van der Waals surface area contributed by atoms with E-state index in [-0.39, 0.29) is 5.91 Å². The van der Waals surface area contributed by atoms with Crippen LogP contribution in [0.4, 0.5) is 0 Å². The van der Waals surface area contributed by atoms with Gasteiger partial charge in [0.2, 0.25) is 0 Å². The van der Waals surface area contributed by atoms with Gasteiger partial charge >= 0.3 is 0 Å². The molecule has 18 heavy (non-hydrogen) atoms. The minimum absolute atomic E-state index is 0.0982. The number of aromatic amines is 1. The van der Waals surface area contributed by atoms with Gasteiger partial charge in [0.05, 0.1) is 16.1 Å². The first-order valence-corrected chi connectivity index (χ1v) is 6.55. The lowest BCUT2D eigenvalue weighted by atomic mass is 10.1. The van der Waals surface area contributed by atoms with Crippen LogP contribution in [0.3, 0.4) is 0 Å². The highest BCUT2D eigenvalue weighted by Crippen LogP contribution is 2.31. The third-order valence-corrected chi connectivity index (χ3v) is 3.29. The predicted molar refractivity (Wildman–Crippen MR) is 75.7 cm³/mol. The van der Waals surface area contributed by atoms with Gasteiger partial charge in [0, 0.05) is 22.6 Å². The number of H-pyrrole nitrogens is 1. The summed E-state index contributed by atoms with van der Waals surface area (Å²) in [6, 6.07) is 3.42. The fraction of sp³-hybridized carbons (Fsp3) is 0.308. The molecule has 1 amide bonds. The zero-order valence-electron chi connectivity index (χ0n) is 10.2. The zero-order chi connectivity index (χ0) is 13.3. The molecule has 0 spiro atoms. The van der Waals surface area contributed by atoms with Gasteiger partial charge in [-0.15, -0.1) is 0 Å². The minimum Gasteiger partial charge on any atom is -0.357 e. The summed E-state index contributed by atoms with van der Waals surface area (Å²) in [7, 11) is 0. The quantitative estimate of drug-likeness (QED) is 0.882. The van der Waals surface area contributed by atoms with E-state index >= 15 is 0 Å². The summed E-state index contributed by atoms with van der Waals surface area (Å²) in [6.45, 7) is 4.51. The molecular formula is C13H14Cl2N2O. The average Bonchev–Trinajstić information content (AvgIpc) is 2.63. The van der Waals surface area contributed by atoms with Crippen molar-refractivity contribution in [1.82, 2.24) is 10.3 Å². The fourth-order valence-electron chi connectivity index (χ4n) is 1.97. The third-order valence-electron chi connectivity index (χ3n) is 2.77. The lowest BCUT2D eigenvalue weighted by Crippen LogP contribution is -2.24. The maximum atomic E-state index is 12.1. The van der Waals surface area contributed by atoms with E-state index in [1.807, 2.05) is 13.8 Å². The van der Waals surface area contributed by atoms with Crippen molar-refractivity contribution in [3.8, 4) is 0 Å². The smallest absolute Gasteiger partial charge is 0.253 e. The number of nitrogens with one attached hydrogen (secondary N) is 2. The summed E-state index contributed by atoms with van der Waals surface area (Å²) in [5.74, 6) is -0.0982. The van der Waals surface area contributed by atoms with Crippen LogP contribution in [0.1, 0.15) is 29.4 Å². The number of amides is 1. The van der Waals surface area contributed by atoms with Crippen LogP contribution < -0.4 is 5.32 Å². The molecule has 0 saturated carbocycles. The SMILES string of the molecule is CCCNC(=O)c1c(C)[nH]c2c(Cl)cc(Cl)cc12. The van der Waals surface area contributed by atoms with Crippen LogP contribution in [0, 0.1) is 6.92 Å². The molecule has 5 heteroatoms. The molecule has 2 rings (SSSR count). The Bertz CT molecular complexity index is 605. The summed E-state index contributed by atoms with van der Waals surface area (Å²) in [4.78, 5) is 15.2. The number of hydrogen-bond donors (Lipinski definition) is 2. The van der Waals surface area contributed by atoms with Crippen molar-refractivity contribution in [2.45, 2.75) is 20.3 Å². The Labute approximate surface area is 115 Å². The van der Waals surface area contributed by atoms with E-state index in [9.17, 15) is 4.79 Å². The van der Waals surface area contributed by atoms with E-state index in [0.29, 0.717) is 22.2 Å². The number of aromatic nitrogens is 1. The van der Waals surface area contributed by atoms with Crippen LogP contribution in [-0.2, 0) is 0 Å². The first-order valence-electron chi connectivity index (χ1n) is 5.80. The predicted octanol–water partition coefficient (Wildman–Crippen LogP) is 3.92. The van der Waals surface area contributed by atoms with E-state index in [1.165, 1.54) is 0 Å². The van der Waals surface area contributed by atoms with Crippen molar-refractivity contribution in [1.29, 1.82) is 0 Å². The average molecular weight is 285 g/mol. The minimum atomic E-state index is -0.0982. The van der Waals surface area contributed by atoms with Gasteiger partial charge < -0.3 is 10.3 Å². The van der Waals surface area contributed by atoms with Crippen molar-refractivity contribution >= 4 is 40.0 Å². The molecule has 0 bridgehead atoms. The van der Waals surface area contributed by atoms with Crippen LogP contribution in [0.2, 0.25) is 10.0 Å². The van der Waals surface area contributed by atoms with E-state index in [0.717, 1.165) is 23.0 Å². The molecule has 0 fully saturated rings. The van der Waals surface area contributed by atoms with Crippen LogP contribution in [0.15, 0.2) is 12.1 Å². The summed E-state index contributed by atoms with van der Waals surface area (Å²) < 4.78 is 0. The normalized spacial score (nSPS) is 10.9. The van der Waals surface area contributed by atoms with Gasteiger partial charge in [-0.3, -0.25) is 4.79 Å². The number of benzene rings is 1. The van der Waals surface area contributed by atoms with Gasteiger partial charge in [0.25, 0.3) is 5.91 Å². The molecule has 1 aromatic heterocycles. The van der Waals surface area contributed by atoms with Crippen LogP contribution >= 0.6 is 23.2 Å². The molecule has 0 aliphatic heterocycles. The first-order chi connectivity index (χ1) is 8.54. The number of fused-ring (bicyclic) bond motifs is 1. The maximum Gasteiger partial charge on any atom is 0.253 e. The molecule has 0 radical (unpaired) electrons. The van der Waals surface area contributed by atoms with Crippen LogP contribution in [0.25, 0.3) is 10.9 Å². The van der Waals surface area contributed by atoms with Crippen molar-refractivity contribution in [3.05, 3.63) is 33.4 Å². The summed E-state index contributed by atoms with van der Waals surface area (Å²) in [5, 5.41) is 4.67. The second-order valence-electron chi connectivity index (χ2n) is 4.19. The highest BCUT2D eigenvalue weighted by atomic mass is 35.5. The van der Waals surface area contributed by atoms with Gasteiger partial charge in [0.1, 0.15) is 0 Å². The zero-order valence-corrected chi connectivity index (χ0v) is 11.7. The number of hydrogen-bond acceptors (Lipinski definition) is 1. The Morgan fingerprint density at radius 1 is 1.39 bits per heavy atom. The molecule has 3 nitrogen and oxygen atoms in total. The van der Waals surface area contributed by atoms with Crippen molar-refractivity contribution in [2.24, 2.45) is 0 Å². The molecule has 0 unspecified atom stereocenters. The Morgan fingerprint density at radius 2 is 2.11 bits per heavy atom. The summed E-state index contributed by atoms with van der Waals surface area (Å²) >= 11 is 12.1. The molecule has 2 aromatic rings.